The number of aryl methyl sites for hydroxylation is 1. The summed E-state index contributed by atoms with van der Waals surface area (Å²) in [4.78, 5) is 28.1. The fraction of sp³-hybridized carbons (Fsp3) is 0.407. The second kappa shape index (κ2) is 9.70. The lowest BCUT2D eigenvalue weighted by Gasteiger charge is -2.29. The summed E-state index contributed by atoms with van der Waals surface area (Å²) >= 11 is 0. The van der Waals surface area contributed by atoms with Crippen LogP contribution in [-0.2, 0) is 20.7 Å². The van der Waals surface area contributed by atoms with Crippen LogP contribution in [0.2, 0.25) is 0 Å². The highest BCUT2D eigenvalue weighted by molar-refractivity contribution is 5.87. The number of nitrogens with zero attached hydrogens (tertiary/aromatic N) is 1. The topological polar surface area (TPSA) is 58.6 Å². The van der Waals surface area contributed by atoms with Crippen molar-refractivity contribution >= 4 is 11.8 Å². The summed E-state index contributed by atoms with van der Waals surface area (Å²) in [6.45, 7) is 7.86. The lowest BCUT2D eigenvalue weighted by atomic mass is 9.79. The molecule has 0 aliphatic carbocycles. The lowest BCUT2D eigenvalue weighted by Crippen LogP contribution is -2.46. The van der Waals surface area contributed by atoms with Crippen molar-refractivity contribution in [2.75, 3.05) is 26.2 Å². The van der Waals surface area contributed by atoms with Crippen LogP contribution in [0.5, 0.6) is 0 Å². The van der Waals surface area contributed by atoms with Crippen molar-refractivity contribution in [1.29, 1.82) is 0 Å². The van der Waals surface area contributed by atoms with Crippen molar-refractivity contribution in [3.63, 3.8) is 0 Å². The van der Waals surface area contributed by atoms with Gasteiger partial charge in [0.15, 0.2) is 0 Å². The van der Waals surface area contributed by atoms with Crippen LogP contribution in [0.1, 0.15) is 30.4 Å². The molecule has 2 saturated heterocycles. The number of hydrogen-bond donors (Lipinski definition) is 1. The summed E-state index contributed by atoms with van der Waals surface area (Å²) in [5.74, 6) is 0.00933. The van der Waals surface area contributed by atoms with Crippen LogP contribution in [-0.4, -0.2) is 49.1 Å². The molecule has 5 heteroatoms. The van der Waals surface area contributed by atoms with E-state index in [1.807, 2.05) is 11.0 Å². The predicted molar refractivity (Wildman–Crippen MR) is 126 cm³/mol. The first-order valence-electron chi connectivity index (χ1n) is 11.5. The number of rotatable bonds is 7. The van der Waals surface area contributed by atoms with Gasteiger partial charge in [-0.2, -0.15) is 0 Å². The summed E-state index contributed by atoms with van der Waals surface area (Å²) < 4.78 is 5.61. The van der Waals surface area contributed by atoms with Crippen molar-refractivity contribution in [2.24, 2.45) is 5.41 Å². The zero-order valence-electron chi connectivity index (χ0n) is 18.8. The number of carbonyl (C=O) groups excluding carboxylic acids is 2. The van der Waals surface area contributed by atoms with E-state index in [2.05, 4.69) is 61.3 Å². The lowest BCUT2D eigenvalue weighted by molar-refractivity contribution is -0.141. The fourth-order valence-corrected chi connectivity index (χ4v) is 4.80. The van der Waals surface area contributed by atoms with Gasteiger partial charge in [-0.25, -0.2) is 0 Å². The molecule has 168 valence electrons. The molecule has 0 aromatic heterocycles. The fourth-order valence-electron chi connectivity index (χ4n) is 4.80. The second-order valence-electron chi connectivity index (χ2n) is 9.03. The largest absolute Gasteiger partial charge is 0.368 e. The van der Waals surface area contributed by atoms with E-state index >= 15 is 0 Å². The molecule has 0 saturated carbocycles. The maximum Gasteiger partial charge on any atom is 0.251 e. The zero-order valence-corrected chi connectivity index (χ0v) is 18.8. The normalized spacial score (nSPS) is 22.7. The molecule has 2 heterocycles. The van der Waals surface area contributed by atoms with Crippen LogP contribution < -0.4 is 5.32 Å². The Morgan fingerprint density at radius 1 is 1.22 bits per heavy atom. The molecule has 2 amide bonds. The van der Waals surface area contributed by atoms with Gasteiger partial charge < -0.3 is 15.0 Å². The van der Waals surface area contributed by atoms with Gasteiger partial charge >= 0.3 is 0 Å². The van der Waals surface area contributed by atoms with E-state index in [1.165, 1.54) is 5.56 Å². The van der Waals surface area contributed by atoms with Gasteiger partial charge in [0.1, 0.15) is 6.10 Å². The highest BCUT2D eigenvalue weighted by Gasteiger charge is 2.47. The second-order valence-corrected chi connectivity index (χ2v) is 9.03. The molecule has 5 nitrogen and oxygen atoms in total. The number of hydrogen-bond acceptors (Lipinski definition) is 3. The van der Waals surface area contributed by atoms with Crippen molar-refractivity contribution in [2.45, 2.75) is 38.7 Å². The molecule has 2 aromatic carbocycles. The molecule has 0 radical (unpaired) electrons. The third-order valence-corrected chi connectivity index (χ3v) is 6.61. The number of nitrogens with one attached hydrogen (secondary N) is 1. The third-order valence-electron chi connectivity index (χ3n) is 6.61. The Bertz CT molecular complexity index is 979. The van der Waals surface area contributed by atoms with Gasteiger partial charge in [-0.3, -0.25) is 9.59 Å². The van der Waals surface area contributed by atoms with Gasteiger partial charge in [0.05, 0.1) is 5.41 Å². The van der Waals surface area contributed by atoms with Crippen molar-refractivity contribution < 1.29 is 14.3 Å². The molecule has 2 aromatic rings. The first kappa shape index (κ1) is 22.3. The van der Waals surface area contributed by atoms with E-state index in [0.717, 1.165) is 29.5 Å². The molecule has 0 spiro atoms. The Hall–Kier alpha value is -2.92. The number of likely N-dealkylation sites (tertiary alicyclic amines) is 1. The van der Waals surface area contributed by atoms with Crippen LogP contribution >= 0.6 is 0 Å². The van der Waals surface area contributed by atoms with E-state index in [1.54, 1.807) is 6.08 Å². The monoisotopic (exact) mass is 432 g/mol. The van der Waals surface area contributed by atoms with Gasteiger partial charge in [-0.15, -0.1) is 6.58 Å². The van der Waals surface area contributed by atoms with Gasteiger partial charge in [0.25, 0.3) is 5.91 Å². The summed E-state index contributed by atoms with van der Waals surface area (Å²) in [5.41, 5.74) is 3.97. The molecule has 2 fully saturated rings. The van der Waals surface area contributed by atoms with Crippen molar-refractivity contribution in [3.05, 3.63) is 72.3 Å². The molecule has 1 N–H and O–H groups in total. The molecule has 32 heavy (non-hydrogen) atoms. The van der Waals surface area contributed by atoms with Crippen LogP contribution in [0.15, 0.2) is 61.2 Å². The van der Waals surface area contributed by atoms with E-state index in [-0.39, 0.29) is 17.9 Å². The molecular weight excluding hydrogens is 400 g/mol. The summed E-state index contributed by atoms with van der Waals surface area (Å²) in [6, 6.07) is 16.8. The molecule has 2 aliphatic heterocycles. The maximum atomic E-state index is 13.3. The number of carbonyl (C=O) groups is 2. The van der Waals surface area contributed by atoms with Crippen molar-refractivity contribution in [1.82, 2.24) is 10.2 Å². The van der Waals surface area contributed by atoms with Gasteiger partial charge in [0, 0.05) is 26.2 Å². The first-order chi connectivity index (χ1) is 15.5. The Balaban J connectivity index is 1.57. The Morgan fingerprint density at radius 3 is 2.75 bits per heavy atom. The minimum atomic E-state index is -0.650. The number of benzene rings is 2. The third kappa shape index (κ3) is 4.78. The van der Waals surface area contributed by atoms with Crippen molar-refractivity contribution in [3.8, 4) is 11.1 Å². The van der Waals surface area contributed by atoms with Gasteiger partial charge in [0.2, 0.25) is 5.91 Å². The SMILES string of the molecule is C=CCNC(=O)C1(Cc2cccc(-c3ccc(C)cc3)c2)CCN(C(=O)C2CCCO2)C1. The zero-order chi connectivity index (χ0) is 22.6. The first-order valence-corrected chi connectivity index (χ1v) is 11.5. The Labute approximate surface area is 190 Å². The van der Waals surface area contributed by atoms with E-state index < -0.39 is 5.41 Å². The number of amides is 2. The summed E-state index contributed by atoms with van der Waals surface area (Å²) in [6.07, 6.45) is 4.25. The molecule has 4 rings (SSSR count). The molecule has 0 bridgehead atoms. The maximum absolute atomic E-state index is 13.3. The summed E-state index contributed by atoms with van der Waals surface area (Å²) in [7, 11) is 0. The number of ether oxygens (including phenoxy) is 1. The standard InChI is InChI=1S/C27H32N2O3/c1-3-14-28-26(31)27(13-15-29(19-27)25(30)24-8-5-16-32-24)18-21-6-4-7-23(17-21)22-11-9-20(2)10-12-22/h3-4,6-7,9-12,17,24H,1,5,8,13-16,18-19H2,2H3,(H,28,31). The minimum absolute atomic E-state index is 0.0132. The van der Waals surface area contributed by atoms with Crippen LogP contribution in [0, 0.1) is 12.3 Å². The van der Waals surface area contributed by atoms with Crippen LogP contribution in [0.3, 0.4) is 0 Å². The highest BCUT2D eigenvalue weighted by Crippen LogP contribution is 2.36. The quantitative estimate of drug-likeness (QED) is 0.675. The molecule has 2 aliphatic rings. The highest BCUT2D eigenvalue weighted by atomic mass is 16.5. The average Bonchev–Trinajstić information content (AvgIpc) is 3.49. The van der Waals surface area contributed by atoms with Gasteiger partial charge in [-0.1, -0.05) is 60.2 Å². The molecular formula is C27H32N2O3. The van der Waals surface area contributed by atoms with E-state index in [4.69, 9.17) is 4.74 Å². The molecule has 2 atom stereocenters. The molecule has 2 unspecified atom stereocenters. The minimum Gasteiger partial charge on any atom is -0.368 e. The van der Waals surface area contributed by atoms with Crippen LogP contribution in [0.4, 0.5) is 0 Å². The Kier molecular flexibility index (Phi) is 6.75. The average molecular weight is 433 g/mol. The smallest absolute Gasteiger partial charge is 0.251 e. The van der Waals surface area contributed by atoms with E-state index in [0.29, 0.717) is 39.1 Å². The predicted octanol–water partition coefficient (Wildman–Crippen LogP) is 3.90. The summed E-state index contributed by atoms with van der Waals surface area (Å²) in [5, 5.41) is 2.99. The van der Waals surface area contributed by atoms with E-state index in [9.17, 15) is 9.59 Å². The van der Waals surface area contributed by atoms with Gasteiger partial charge in [-0.05, 0) is 49.3 Å². The Morgan fingerprint density at radius 2 is 2.03 bits per heavy atom. The van der Waals surface area contributed by atoms with Crippen LogP contribution in [0.25, 0.3) is 11.1 Å².